The molecule has 3 fully saturated rings. The summed E-state index contributed by atoms with van der Waals surface area (Å²) >= 11 is 0. The lowest BCUT2D eigenvalue weighted by molar-refractivity contribution is -0.302. The number of aliphatic hydroxyl groups excluding tert-OH is 1. The summed E-state index contributed by atoms with van der Waals surface area (Å²) in [6.45, 7) is 11.2. The lowest BCUT2D eigenvalue weighted by atomic mass is 9.77. The van der Waals surface area contributed by atoms with Crippen LogP contribution in [0.5, 0.6) is 0 Å². The van der Waals surface area contributed by atoms with Crippen molar-refractivity contribution in [1.29, 1.82) is 0 Å². The Hall–Kier alpha value is -3.41. The van der Waals surface area contributed by atoms with Crippen LogP contribution in [-0.4, -0.2) is 135 Å². The summed E-state index contributed by atoms with van der Waals surface area (Å²) in [6.07, 6.45) is 6.90. The normalized spacial score (nSPS) is 38.7. The number of ketones is 2. The summed E-state index contributed by atoms with van der Waals surface area (Å²) < 4.78 is 31.9. The first-order chi connectivity index (χ1) is 28.5. The highest BCUT2D eigenvalue weighted by molar-refractivity contribution is 6.39. The third kappa shape index (κ3) is 10.4. The molecule has 4 heterocycles. The molecule has 13 atom stereocenters. The molecule has 0 spiro atoms. The van der Waals surface area contributed by atoms with Crippen LogP contribution >= 0.6 is 0 Å². The van der Waals surface area contributed by atoms with E-state index in [0.717, 1.165) is 18.4 Å². The van der Waals surface area contributed by atoms with Crippen molar-refractivity contribution in [1.82, 2.24) is 25.1 Å². The predicted octanol–water partition coefficient (Wildman–Crippen LogP) is 4.27. The average molecular weight is 844 g/mol. The smallest absolute Gasteiger partial charge is 0.329 e. The van der Waals surface area contributed by atoms with Crippen molar-refractivity contribution >= 4 is 23.4 Å². The van der Waals surface area contributed by atoms with Gasteiger partial charge in [-0.15, -0.1) is 5.10 Å². The number of cyclic esters (lactones) is 1. The molecule has 2 N–H and O–H groups in total. The number of amides is 1. The highest BCUT2D eigenvalue weighted by Crippen LogP contribution is 2.41. The first-order valence-corrected chi connectivity index (χ1v) is 21.9. The maximum absolute atomic E-state index is 14.5. The minimum absolute atomic E-state index is 0.0251. The van der Waals surface area contributed by atoms with Crippen LogP contribution < -0.4 is 0 Å². The Bertz CT molecular complexity index is 1700. The van der Waals surface area contributed by atoms with Crippen molar-refractivity contribution in [3.63, 3.8) is 0 Å². The maximum Gasteiger partial charge on any atom is 0.329 e. The summed E-state index contributed by atoms with van der Waals surface area (Å²) in [5.41, 5.74) is 0.836. The van der Waals surface area contributed by atoms with Crippen LogP contribution in [0.25, 0.3) is 0 Å². The Morgan fingerprint density at radius 2 is 1.72 bits per heavy atom. The number of fused-ring (bicyclic) bond motifs is 3. The number of carbonyl (C=O) groups excluding carboxylic acids is 4. The van der Waals surface area contributed by atoms with Crippen molar-refractivity contribution < 1.29 is 53.1 Å². The van der Waals surface area contributed by atoms with Crippen LogP contribution in [0.15, 0.2) is 29.6 Å². The molecule has 3 aliphatic heterocycles. The second-order valence-electron chi connectivity index (χ2n) is 18.0. The molecular weight excluding hydrogens is 775 g/mol. The van der Waals surface area contributed by atoms with Gasteiger partial charge in [0.1, 0.15) is 30.4 Å². The minimum atomic E-state index is -2.52. The van der Waals surface area contributed by atoms with Crippen LogP contribution in [0.3, 0.4) is 0 Å². The van der Waals surface area contributed by atoms with Crippen molar-refractivity contribution in [3.05, 3.63) is 29.6 Å². The molecule has 5 rings (SSSR count). The lowest BCUT2D eigenvalue weighted by Gasteiger charge is -2.47. The first-order valence-electron chi connectivity index (χ1n) is 21.9. The van der Waals surface area contributed by atoms with Gasteiger partial charge >= 0.3 is 5.97 Å². The highest BCUT2D eigenvalue weighted by atomic mass is 16.7. The number of Topliss-reactive ketones (excluding diaryl/α,β-unsaturated/α-hetero) is 2. The molecule has 0 aromatic carbocycles. The van der Waals surface area contributed by atoms with Crippen LogP contribution in [0.2, 0.25) is 0 Å². The van der Waals surface area contributed by atoms with Gasteiger partial charge in [0.05, 0.1) is 30.0 Å². The molecule has 2 saturated heterocycles. The number of rotatable bonds is 7. The SMILES string of the molecule is CCC1C=C(C)CC(C)CC(OC)C2OC(O)(C(=O)C(=O)N3CCCCC3C(=O)OC(C(C)=CC3(n4cnnn4)CCCC(OC)C3)C(C)C(O)CC1=O)C(C)CC2OC. The van der Waals surface area contributed by atoms with Gasteiger partial charge in [0, 0.05) is 58.5 Å². The van der Waals surface area contributed by atoms with Crippen molar-refractivity contribution in [2.75, 3.05) is 27.9 Å². The third-order valence-electron chi connectivity index (χ3n) is 13.6. The molecule has 60 heavy (non-hydrogen) atoms. The molecule has 1 amide bonds. The van der Waals surface area contributed by atoms with E-state index in [9.17, 15) is 29.4 Å². The number of aromatic nitrogens is 4. The Morgan fingerprint density at radius 1 is 1.00 bits per heavy atom. The van der Waals surface area contributed by atoms with Gasteiger partial charge < -0.3 is 38.8 Å². The van der Waals surface area contributed by atoms with E-state index in [1.165, 1.54) is 19.1 Å². The van der Waals surface area contributed by atoms with Gasteiger partial charge in [0.15, 0.2) is 0 Å². The van der Waals surface area contributed by atoms with Crippen LogP contribution in [0, 0.1) is 23.7 Å². The van der Waals surface area contributed by atoms with Gasteiger partial charge in [-0.05, 0) is 100.0 Å². The Balaban J connectivity index is 1.58. The van der Waals surface area contributed by atoms with Crippen molar-refractivity contribution in [2.24, 2.45) is 23.7 Å². The number of hydrogen-bond acceptors (Lipinski definition) is 14. The standard InChI is InChI=1S/C44H69N5O11/c1-10-31-19-26(2)18-27(3)20-36(57-8)39-37(58-9)21-29(5)44(55,60-39)40(52)41(53)48-17-12-11-15-33(48)42(54)59-38(30(6)34(50)22-35(31)51)28(4)23-43(49-25-45-46-47-49)16-13-14-32(24-43)56-7/h19,23,25,27,29-34,36-39,50,55H,10-18,20-22,24H2,1-9H3. The fraction of sp³-hybridized carbons (Fsp3) is 0.795. The van der Waals surface area contributed by atoms with Crippen LogP contribution in [0.4, 0.5) is 0 Å². The zero-order valence-electron chi connectivity index (χ0n) is 37.1. The maximum atomic E-state index is 14.5. The van der Waals surface area contributed by atoms with Gasteiger partial charge in [0.25, 0.3) is 11.7 Å². The molecule has 4 aliphatic rings. The molecular formula is C44H69N5O11. The first kappa shape index (κ1) is 47.6. The Labute approximate surface area is 354 Å². The number of aliphatic hydroxyl groups is 2. The molecule has 1 aliphatic carbocycles. The fourth-order valence-corrected chi connectivity index (χ4v) is 10.1. The number of methoxy groups -OCH3 is 3. The average Bonchev–Trinajstić information content (AvgIpc) is 3.80. The van der Waals surface area contributed by atoms with Gasteiger partial charge in [-0.2, -0.15) is 0 Å². The molecule has 16 nitrogen and oxygen atoms in total. The van der Waals surface area contributed by atoms with E-state index in [0.29, 0.717) is 50.5 Å². The number of carbonyl (C=O) groups is 4. The van der Waals surface area contributed by atoms with E-state index < -0.39 is 83.3 Å². The molecule has 0 radical (unpaired) electrons. The largest absolute Gasteiger partial charge is 0.456 e. The summed E-state index contributed by atoms with van der Waals surface area (Å²) in [5, 5.41) is 36.0. The van der Waals surface area contributed by atoms with Gasteiger partial charge in [-0.25, -0.2) is 9.48 Å². The molecule has 16 heteroatoms. The van der Waals surface area contributed by atoms with E-state index in [4.69, 9.17) is 23.7 Å². The van der Waals surface area contributed by atoms with Gasteiger partial charge in [0.2, 0.25) is 5.79 Å². The predicted molar refractivity (Wildman–Crippen MR) is 219 cm³/mol. The number of ether oxygens (including phenoxy) is 5. The van der Waals surface area contributed by atoms with E-state index in [1.54, 1.807) is 32.0 Å². The second kappa shape index (κ2) is 20.6. The van der Waals surface area contributed by atoms with Crippen LogP contribution in [0.1, 0.15) is 119 Å². The molecule has 13 unspecified atom stereocenters. The van der Waals surface area contributed by atoms with E-state index in [2.05, 4.69) is 22.4 Å². The molecule has 2 bridgehead atoms. The highest BCUT2D eigenvalue weighted by Gasteiger charge is 2.56. The number of tetrazole rings is 1. The quantitative estimate of drug-likeness (QED) is 0.224. The monoisotopic (exact) mass is 843 g/mol. The zero-order chi connectivity index (χ0) is 43.9. The van der Waals surface area contributed by atoms with Crippen molar-refractivity contribution in [2.45, 2.75) is 173 Å². The molecule has 1 aromatic heterocycles. The fourth-order valence-electron chi connectivity index (χ4n) is 10.1. The molecule has 1 aromatic rings. The Kier molecular flexibility index (Phi) is 16.4. The third-order valence-corrected chi connectivity index (χ3v) is 13.6. The summed E-state index contributed by atoms with van der Waals surface area (Å²) in [4.78, 5) is 58.4. The topological polar surface area (TPSA) is 202 Å². The van der Waals surface area contributed by atoms with Crippen molar-refractivity contribution in [3.8, 4) is 0 Å². The molecule has 336 valence electrons. The number of allylic oxidation sites excluding steroid dienone is 3. The number of hydrogen-bond donors (Lipinski definition) is 2. The number of esters is 1. The lowest BCUT2D eigenvalue weighted by Crippen LogP contribution is -2.64. The van der Waals surface area contributed by atoms with Crippen LogP contribution in [-0.2, 0) is 48.4 Å². The van der Waals surface area contributed by atoms with Gasteiger partial charge in [-0.3, -0.25) is 14.4 Å². The van der Waals surface area contributed by atoms with Gasteiger partial charge in [-0.1, -0.05) is 45.4 Å². The summed E-state index contributed by atoms with van der Waals surface area (Å²) in [7, 11) is 4.73. The summed E-state index contributed by atoms with van der Waals surface area (Å²) in [5.74, 6) is -7.67. The molecule has 1 saturated carbocycles. The van der Waals surface area contributed by atoms with E-state index in [-0.39, 0.29) is 43.6 Å². The summed E-state index contributed by atoms with van der Waals surface area (Å²) in [6, 6.07) is -1.17. The Morgan fingerprint density at radius 3 is 2.37 bits per heavy atom. The van der Waals surface area contributed by atoms with E-state index in [1.807, 2.05) is 32.9 Å². The number of piperidine rings is 1. The van der Waals surface area contributed by atoms with E-state index >= 15 is 0 Å². The second-order valence-corrected chi connectivity index (χ2v) is 18.0. The zero-order valence-corrected chi connectivity index (χ0v) is 37.1. The number of nitrogens with zero attached hydrogens (tertiary/aromatic N) is 5. The minimum Gasteiger partial charge on any atom is -0.456 e.